The quantitative estimate of drug-likeness (QED) is 0.185. The molecule has 2 nitrogen and oxygen atoms in total. The van der Waals surface area contributed by atoms with Crippen molar-refractivity contribution in [2.24, 2.45) is 0 Å². The largest absolute Gasteiger partial charge is 0.370 e. The van der Waals surface area contributed by atoms with Gasteiger partial charge in [0.05, 0.1) is 0 Å². The Labute approximate surface area is 294 Å². The second kappa shape index (κ2) is 12.4. The van der Waals surface area contributed by atoms with E-state index in [9.17, 15) is 0 Å². The van der Waals surface area contributed by atoms with Crippen LogP contribution in [-0.4, -0.2) is 14.1 Å². The average molecular weight is 643 g/mol. The van der Waals surface area contributed by atoms with Crippen LogP contribution in [0, 0.1) is 0 Å². The third kappa shape index (κ3) is 5.40. The average Bonchev–Trinajstić information content (AvgIpc) is 3.17. The van der Waals surface area contributed by atoms with E-state index >= 15 is 0 Å². The monoisotopic (exact) mass is 642 g/mol. The fraction of sp³-hybridized carbons (Fsp3) is 0.0833. The van der Waals surface area contributed by atoms with E-state index in [1.807, 2.05) is 0 Å². The van der Waals surface area contributed by atoms with Crippen molar-refractivity contribution in [1.29, 1.82) is 0 Å². The van der Waals surface area contributed by atoms with E-state index in [1.165, 1.54) is 88.6 Å². The minimum absolute atomic E-state index is 0.794. The van der Waals surface area contributed by atoms with Crippen LogP contribution in [0.25, 0.3) is 66.1 Å². The van der Waals surface area contributed by atoms with Crippen molar-refractivity contribution >= 4 is 32.9 Å². The van der Waals surface area contributed by atoms with Gasteiger partial charge in [-0.25, -0.2) is 0 Å². The van der Waals surface area contributed by atoms with Crippen molar-refractivity contribution in [2.45, 2.75) is 13.1 Å². The maximum absolute atomic E-state index is 2.40. The van der Waals surface area contributed by atoms with Gasteiger partial charge in [-0.05, 0) is 102 Å². The summed E-state index contributed by atoms with van der Waals surface area (Å²) < 4.78 is 0. The van der Waals surface area contributed by atoms with E-state index in [4.69, 9.17) is 0 Å². The SMILES string of the molecule is CN1Cc2cccc(c2)-c2cc(-c3cccc4ccccc34)ccc2N(C)Cc2cccc(c2)-c2cc(-c3cccc4ccccc34)ccc21. The van der Waals surface area contributed by atoms with Crippen molar-refractivity contribution in [3.8, 4) is 44.5 Å². The molecule has 0 N–H and O–H groups in total. The number of fused-ring (bicyclic) bond motifs is 10. The van der Waals surface area contributed by atoms with Gasteiger partial charge in [-0.2, -0.15) is 0 Å². The predicted molar refractivity (Wildman–Crippen MR) is 214 cm³/mol. The standard InChI is InChI=1S/C48H38N2/c1-49-31-33-11-7-18-38(27-33)46-30-40(44-22-10-16-36-14-4-6-20-42(36)44)24-26-48(46)50(2)32-34-12-8-17-37(28-34)45-29-39(23-25-47(45)49)43-21-9-15-35-13-3-5-19-41(35)43/h3-30H,31-32H2,1-2H3. The van der Waals surface area contributed by atoms with Gasteiger partial charge in [-0.3, -0.25) is 0 Å². The smallest absolute Gasteiger partial charge is 0.0446 e. The molecule has 50 heavy (non-hydrogen) atoms. The van der Waals surface area contributed by atoms with Gasteiger partial charge in [0, 0.05) is 49.7 Å². The van der Waals surface area contributed by atoms with Crippen LogP contribution in [0.15, 0.2) is 170 Å². The molecule has 0 atom stereocenters. The molecule has 0 radical (unpaired) electrons. The molecule has 8 aromatic rings. The Hall–Kier alpha value is -6.12. The molecule has 0 fully saturated rings. The Morgan fingerprint density at radius 3 is 1.22 bits per heavy atom. The summed E-state index contributed by atoms with van der Waals surface area (Å²) in [5.41, 5.74) is 15.0. The van der Waals surface area contributed by atoms with Crippen molar-refractivity contribution in [3.63, 3.8) is 0 Å². The van der Waals surface area contributed by atoms with Gasteiger partial charge in [0.1, 0.15) is 0 Å². The Morgan fingerprint density at radius 1 is 0.340 bits per heavy atom. The van der Waals surface area contributed by atoms with E-state index in [2.05, 4.69) is 194 Å². The summed E-state index contributed by atoms with van der Waals surface area (Å²) in [5.74, 6) is 0. The minimum atomic E-state index is 0.794. The van der Waals surface area contributed by atoms with Gasteiger partial charge >= 0.3 is 0 Å². The van der Waals surface area contributed by atoms with Crippen molar-refractivity contribution in [1.82, 2.24) is 0 Å². The molecule has 0 aliphatic carbocycles. The van der Waals surface area contributed by atoms with Crippen LogP contribution in [0.4, 0.5) is 11.4 Å². The number of hydrogen-bond donors (Lipinski definition) is 0. The molecule has 8 aromatic carbocycles. The summed E-state index contributed by atoms with van der Waals surface area (Å²) in [4.78, 5) is 4.80. The van der Waals surface area contributed by atoms with Crippen LogP contribution in [0.2, 0.25) is 0 Å². The normalized spacial score (nSPS) is 12.8. The zero-order chi connectivity index (χ0) is 33.6. The van der Waals surface area contributed by atoms with Crippen molar-refractivity contribution in [3.05, 3.63) is 181 Å². The van der Waals surface area contributed by atoms with E-state index in [-0.39, 0.29) is 0 Å². The summed E-state index contributed by atoms with van der Waals surface area (Å²) in [7, 11) is 4.44. The van der Waals surface area contributed by atoms with E-state index in [0.29, 0.717) is 0 Å². The van der Waals surface area contributed by atoms with Gasteiger partial charge in [-0.15, -0.1) is 0 Å². The minimum Gasteiger partial charge on any atom is -0.370 e. The lowest BCUT2D eigenvalue weighted by atomic mass is 9.92. The number of anilines is 2. The van der Waals surface area contributed by atoms with Gasteiger partial charge in [-0.1, -0.05) is 133 Å². The van der Waals surface area contributed by atoms with E-state index in [1.54, 1.807) is 0 Å². The lowest BCUT2D eigenvalue weighted by Gasteiger charge is -2.27. The number of hydrogen-bond acceptors (Lipinski definition) is 2. The van der Waals surface area contributed by atoms with Crippen LogP contribution in [-0.2, 0) is 13.1 Å². The second-order valence-corrected chi connectivity index (χ2v) is 13.6. The maximum atomic E-state index is 2.40. The van der Waals surface area contributed by atoms with Crippen molar-refractivity contribution in [2.75, 3.05) is 23.9 Å². The van der Waals surface area contributed by atoms with E-state index in [0.717, 1.165) is 13.1 Å². The third-order valence-corrected chi connectivity index (χ3v) is 10.3. The maximum Gasteiger partial charge on any atom is 0.0446 e. The molecule has 1 aliphatic rings. The van der Waals surface area contributed by atoms with Crippen LogP contribution in [0.5, 0.6) is 0 Å². The Balaban J connectivity index is 1.19. The number of benzene rings is 8. The zero-order valence-electron chi connectivity index (χ0n) is 28.5. The molecule has 0 amide bonds. The molecule has 240 valence electrons. The van der Waals surface area contributed by atoms with Gasteiger partial charge < -0.3 is 9.80 Å². The molecular formula is C48H38N2. The van der Waals surface area contributed by atoms with Crippen LogP contribution in [0.1, 0.15) is 11.1 Å². The molecule has 0 aromatic heterocycles. The van der Waals surface area contributed by atoms with Gasteiger partial charge in [0.15, 0.2) is 0 Å². The molecule has 0 saturated heterocycles. The Morgan fingerprint density at radius 2 is 0.740 bits per heavy atom. The summed E-state index contributed by atoms with van der Waals surface area (Å²) in [6, 6.07) is 62.8. The highest BCUT2D eigenvalue weighted by molar-refractivity contribution is 5.99. The number of nitrogens with zero attached hydrogens (tertiary/aromatic N) is 2. The summed E-state index contributed by atoms with van der Waals surface area (Å²) in [6.45, 7) is 1.59. The first kappa shape index (κ1) is 30.0. The highest BCUT2D eigenvalue weighted by Gasteiger charge is 2.18. The lowest BCUT2D eigenvalue weighted by Crippen LogP contribution is -2.19. The molecule has 0 spiro atoms. The van der Waals surface area contributed by atoms with Crippen LogP contribution in [0.3, 0.4) is 0 Å². The van der Waals surface area contributed by atoms with Gasteiger partial charge in [0.25, 0.3) is 0 Å². The van der Waals surface area contributed by atoms with E-state index < -0.39 is 0 Å². The highest BCUT2D eigenvalue weighted by atomic mass is 15.1. The topological polar surface area (TPSA) is 6.48 Å². The number of rotatable bonds is 2. The molecule has 1 aliphatic heterocycles. The molecule has 4 bridgehead atoms. The fourth-order valence-corrected chi connectivity index (χ4v) is 7.88. The first-order valence-corrected chi connectivity index (χ1v) is 17.4. The Kier molecular flexibility index (Phi) is 7.43. The summed E-state index contributed by atoms with van der Waals surface area (Å²) >= 11 is 0. The van der Waals surface area contributed by atoms with Gasteiger partial charge in [0.2, 0.25) is 0 Å². The molecule has 2 heteroatoms. The highest BCUT2D eigenvalue weighted by Crippen LogP contribution is 2.41. The molecular weight excluding hydrogens is 605 g/mol. The zero-order valence-corrected chi connectivity index (χ0v) is 28.5. The van der Waals surface area contributed by atoms with Crippen molar-refractivity contribution < 1.29 is 0 Å². The lowest BCUT2D eigenvalue weighted by molar-refractivity contribution is 0.918. The first-order valence-electron chi connectivity index (χ1n) is 17.4. The fourth-order valence-electron chi connectivity index (χ4n) is 7.88. The second-order valence-electron chi connectivity index (χ2n) is 13.6. The first-order chi connectivity index (χ1) is 24.6. The Bertz CT molecular complexity index is 2360. The molecule has 9 rings (SSSR count). The molecule has 0 unspecified atom stereocenters. The predicted octanol–water partition coefficient (Wildman–Crippen LogP) is 12.2. The summed E-state index contributed by atoms with van der Waals surface area (Å²) in [5, 5.41) is 5.07. The third-order valence-electron chi connectivity index (χ3n) is 10.3. The molecule has 0 saturated carbocycles. The summed E-state index contributed by atoms with van der Waals surface area (Å²) in [6.07, 6.45) is 0. The van der Waals surface area contributed by atoms with Crippen LogP contribution < -0.4 is 9.80 Å². The van der Waals surface area contributed by atoms with Crippen LogP contribution >= 0.6 is 0 Å². The molecule has 1 heterocycles.